The van der Waals surface area contributed by atoms with Crippen LogP contribution in [0.5, 0.6) is 0 Å². The van der Waals surface area contributed by atoms with Crippen LogP contribution < -0.4 is 5.32 Å². The zero-order valence-corrected chi connectivity index (χ0v) is 12.4. The second-order valence-corrected chi connectivity index (χ2v) is 5.94. The fourth-order valence-corrected chi connectivity index (χ4v) is 2.79. The molecule has 1 N–H and O–H groups in total. The van der Waals surface area contributed by atoms with Gasteiger partial charge in [0.05, 0.1) is 32.3 Å². The van der Waals surface area contributed by atoms with Crippen molar-refractivity contribution in [1.29, 1.82) is 0 Å². The van der Waals surface area contributed by atoms with E-state index in [9.17, 15) is 9.59 Å². The molecule has 0 radical (unpaired) electrons. The second-order valence-electron chi connectivity index (χ2n) is 5.94. The van der Waals surface area contributed by atoms with E-state index in [1.54, 1.807) is 4.90 Å². The van der Waals surface area contributed by atoms with E-state index in [0.29, 0.717) is 38.8 Å². The number of carbonyl (C=O) groups excluding carboxylic acids is 2. The van der Waals surface area contributed by atoms with Crippen LogP contribution in [0.1, 0.15) is 20.3 Å². The second kappa shape index (κ2) is 7.04. The molecule has 6 nitrogen and oxygen atoms in total. The third-order valence-corrected chi connectivity index (χ3v) is 3.80. The average Bonchev–Trinajstić information content (AvgIpc) is 2.41. The van der Waals surface area contributed by atoms with Crippen LogP contribution in [0.2, 0.25) is 0 Å². The summed E-state index contributed by atoms with van der Waals surface area (Å²) in [4.78, 5) is 27.8. The number of nitrogens with one attached hydrogen (secondary N) is 1. The van der Waals surface area contributed by atoms with Gasteiger partial charge in [-0.1, -0.05) is 13.8 Å². The molecule has 1 atom stereocenters. The van der Waals surface area contributed by atoms with Gasteiger partial charge in [-0.2, -0.15) is 0 Å². The number of rotatable bonds is 4. The van der Waals surface area contributed by atoms with Gasteiger partial charge in [-0.05, 0) is 12.3 Å². The number of carbonyl (C=O) groups is 2. The number of ether oxygens (including phenoxy) is 1. The monoisotopic (exact) mass is 283 g/mol. The summed E-state index contributed by atoms with van der Waals surface area (Å²) >= 11 is 0. The van der Waals surface area contributed by atoms with E-state index < -0.39 is 0 Å². The molecule has 0 aromatic heterocycles. The summed E-state index contributed by atoms with van der Waals surface area (Å²) in [6.07, 6.45) is 0.946. The maximum atomic E-state index is 12.5. The molecule has 6 heteroatoms. The predicted octanol–water partition coefficient (Wildman–Crippen LogP) is -0.308. The van der Waals surface area contributed by atoms with Crippen LogP contribution in [0.15, 0.2) is 0 Å². The molecule has 0 spiro atoms. The van der Waals surface area contributed by atoms with E-state index in [4.69, 9.17) is 4.74 Å². The van der Waals surface area contributed by atoms with Crippen LogP contribution in [0.4, 0.5) is 0 Å². The van der Waals surface area contributed by atoms with Crippen molar-refractivity contribution in [2.75, 3.05) is 45.9 Å². The minimum absolute atomic E-state index is 0.0123. The Labute approximate surface area is 120 Å². The van der Waals surface area contributed by atoms with Crippen LogP contribution in [0.25, 0.3) is 0 Å². The highest BCUT2D eigenvalue weighted by molar-refractivity contribution is 5.86. The van der Waals surface area contributed by atoms with E-state index in [2.05, 4.69) is 19.2 Å². The first-order valence-corrected chi connectivity index (χ1v) is 7.43. The fraction of sp³-hybridized carbons (Fsp3) is 0.857. The lowest BCUT2D eigenvalue weighted by molar-refractivity contribution is -0.147. The van der Waals surface area contributed by atoms with Crippen LogP contribution in [-0.4, -0.2) is 73.6 Å². The van der Waals surface area contributed by atoms with E-state index in [1.807, 2.05) is 4.90 Å². The number of hydrogen-bond acceptors (Lipinski definition) is 4. The highest BCUT2D eigenvalue weighted by Crippen LogP contribution is 2.16. The minimum atomic E-state index is 0.0123. The Bertz CT molecular complexity index is 360. The molecule has 2 fully saturated rings. The Kier molecular flexibility index (Phi) is 5.37. The molecule has 0 saturated carbocycles. The highest BCUT2D eigenvalue weighted by Gasteiger charge is 2.30. The van der Waals surface area contributed by atoms with Gasteiger partial charge in [0.25, 0.3) is 0 Å². The topological polar surface area (TPSA) is 61.9 Å². The first-order chi connectivity index (χ1) is 9.58. The summed E-state index contributed by atoms with van der Waals surface area (Å²) in [7, 11) is 0. The maximum Gasteiger partial charge on any atom is 0.242 e. The van der Waals surface area contributed by atoms with E-state index >= 15 is 0 Å². The summed E-state index contributed by atoms with van der Waals surface area (Å²) in [5.74, 6) is 0.588. The Morgan fingerprint density at radius 3 is 2.95 bits per heavy atom. The summed E-state index contributed by atoms with van der Waals surface area (Å²) in [6, 6.07) is 0.147. The van der Waals surface area contributed by atoms with Gasteiger partial charge in [-0.15, -0.1) is 0 Å². The van der Waals surface area contributed by atoms with E-state index in [0.717, 1.165) is 13.0 Å². The highest BCUT2D eigenvalue weighted by atomic mass is 16.5. The fourth-order valence-electron chi connectivity index (χ4n) is 2.79. The van der Waals surface area contributed by atoms with Gasteiger partial charge in [-0.3, -0.25) is 9.59 Å². The molecule has 2 rings (SSSR count). The Morgan fingerprint density at radius 1 is 1.45 bits per heavy atom. The maximum absolute atomic E-state index is 12.5. The molecule has 0 unspecified atom stereocenters. The van der Waals surface area contributed by atoms with Gasteiger partial charge in [0, 0.05) is 19.6 Å². The number of hydrogen-bond donors (Lipinski definition) is 1. The van der Waals surface area contributed by atoms with Crippen molar-refractivity contribution in [1.82, 2.24) is 15.1 Å². The molecular weight excluding hydrogens is 258 g/mol. The molecule has 2 aliphatic rings. The molecule has 2 aliphatic heterocycles. The summed E-state index contributed by atoms with van der Waals surface area (Å²) in [6.45, 7) is 8.06. The summed E-state index contributed by atoms with van der Waals surface area (Å²) in [5, 5.41) is 3.02. The lowest BCUT2D eigenvalue weighted by Gasteiger charge is -2.38. The van der Waals surface area contributed by atoms with Crippen LogP contribution in [0, 0.1) is 5.92 Å². The molecule has 0 bridgehead atoms. The molecule has 2 saturated heterocycles. The van der Waals surface area contributed by atoms with Gasteiger partial charge in [-0.25, -0.2) is 0 Å². The van der Waals surface area contributed by atoms with Gasteiger partial charge < -0.3 is 19.9 Å². The molecule has 20 heavy (non-hydrogen) atoms. The third-order valence-electron chi connectivity index (χ3n) is 3.80. The quantitative estimate of drug-likeness (QED) is 0.769. The van der Waals surface area contributed by atoms with Crippen molar-refractivity contribution in [3.63, 3.8) is 0 Å². The molecule has 0 aromatic rings. The van der Waals surface area contributed by atoms with Crippen molar-refractivity contribution >= 4 is 11.8 Å². The van der Waals surface area contributed by atoms with Crippen LogP contribution in [-0.2, 0) is 14.3 Å². The lowest BCUT2D eigenvalue weighted by atomic mass is 10.0. The largest absolute Gasteiger partial charge is 0.377 e. The SMILES string of the molecule is CC(C)C[C@@H]1COCCN1C(=O)CN1CCNCC1=O. The molecule has 0 aromatic carbocycles. The normalized spacial score (nSPS) is 24.4. The number of nitrogens with zero attached hydrogens (tertiary/aromatic N) is 2. The van der Waals surface area contributed by atoms with Crippen molar-refractivity contribution in [2.45, 2.75) is 26.3 Å². The van der Waals surface area contributed by atoms with Crippen molar-refractivity contribution in [3.8, 4) is 0 Å². The average molecular weight is 283 g/mol. The zero-order valence-electron chi connectivity index (χ0n) is 12.4. The number of amides is 2. The van der Waals surface area contributed by atoms with Crippen LogP contribution >= 0.6 is 0 Å². The number of piperazine rings is 1. The first-order valence-electron chi connectivity index (χ1n) is 7.43. The Morgan fingerprint density at radius 2 is 2.25 bits per heavy atom. The standard InChI is InChI=1S/C14H25N3O3/c1-11(2)7-12-10-20-6-5-17(12)14(19)9-16-4-3-15-8-13(16)18/h11-12,15H,3-10H2,1-2H3/t12-/m1/s1. The molecule has 2 heterocycles. The van der Waals surface area contributed by atoms with Gasteiger partial charge >= 0.3 is 0 Å². The van der Waals surface area contributed by atoms with Crippen LogP contribution in [0.3, 0.4) is 0 Å². The van der Waals surface area contributed by atoms with Crippen molar-refractivity contribution in [3.05, 3.63) is 0 Å². The molecule has 2 amide bonds. The van der Waals surface area contributed by atoms with Gasteiger partial charge in [0.1, 0.15) is 0 Å². The van der Waals surface area contributed by atoms with E-state index in [-0.39, 0.29) is 24.4 Å². The summed E-state index contributed by atoms with van der Waals surface area (Å²) in [5.41, 5.74) is 0. The molecular formula is C14H25N3O3. The zero-order chi connectivity index (χ0) is 14.5. The smallest absolute Gasteiger partial charge is 0.242 e. The first kappa shape index (κ1) is 15.3. The Balaban J connectivity index is 1.93. The van der Waals surface area contributed by atoms with Crippen molar-refractivity contribution in [2.24, 2.45) is 5.92 Å². The third kappa shape index (κ3) is 3.93. The lowest BCUT2D eigenvalue weighted by Crippen LogP contribution is -2.55. The number of morpholine rings is 1. The molecule has 114 valence electrons. The van der Waals surface area contributed by atoms with Crippen molar-refractivity contribution < 1.29 is 14.3 Å². The minimum Gasteiger partial charge on any atom is -0.377 e. The molecule has 0 aliphatic carbocycles. The summed E-state index contributed by atoms with van der Waals surface area (Å²) < 4.78 is 5.49. The van der Waals surface area contributed by atoms with Gasteiger partial charge in [0.2, 0.25) is 11.8 Å². The Hall–Kier alpha value is -1.14. The predicted molar refractivity (Wildman–Crippen MR) is 75.2 cm³/mol. The van der Waals surface area contributed by atoms with Gasteiger partial charge in [0.15, 0.2) is 0 Å². The van der Waals surface area contributed by atoms with E-state index in [1.165, 1.54) is 0 Å².